The van der Waals surface area contributed by atoms with Gasteiger partial charge in [-0.05, 0) is 41.0 Å². The van der Waals surface area contributed by atoms with Gasteiger partial charge < -0.3 is 0 Å². The first-order valence-corrected chi connectivity index (χ1v) is 12.1. The molecule has 2 aromatic rings. The van der Waals surface area contributed by atoms with Crippen molar-refractivity contribution in [2.45, 2.75) is 40.2 Å². The van der Waals surface area contributed by atoms with Gasteiger partial charge in [0.2, 0.25) is 5.65 Å². The molecule has 2 heterocycles. The Morgan fingerprint density at radius 1 is 1.15 bits per heavy atom. The minimum absolute atomic E-state index is 0.0210. The molecule has 0 aliphatic rings. The van der Waals surface area contributed by atoms with Crippen LogP contribution in [0, 0.1) is 11.8 Å². The molecule has 0 fully saturated rings. The van der Waals surface area contributed by atoms with Crippen LogP contribution >= 0.6 is 7.81 Å². The molecule has 0 saturated carbocycles. The first kappa shape index (κ1) is 28.8. The van der Waals surface area contributed by atoms with E-state index in [4.69, 9.17) is 4.84 Å². The molecule has 15 heteroatoms. The predicted molar refractivity (Wildman–Crippen MR) is 116 cm³/mol. The van der Waals surface area contributed by atoms with Crippen LogP contribution in [0.25, 0.3) is 11.2 Å². The zero-order valence-electron chi connectivity index (χ0n) is 19.9. The van der Waals surface area contributed by atoms with Crippen LogP contribution in [0.1, 0.15) is 34.6 Å². The number of hydrogen-bond acceptors (Lipinski definition) is 5. The van der Waals surface area contributed by atoms with E-state index in [0.29, 0.717) is 35.7 Å². The molecule has 2 rings (SSSR count). The Morgan fingerprint density at radius 3 is 2.12 bits per heavy atom. The van der Waals surface area contributed by atoms with Gasteiger partial charge in [-0.25, -0.2) is 14.5 Å². The summed E-state index contributed by atoms with van der Waals surface area (Å²) in [5.41, 5.74) is 1.30. The molecule has 0 radical (unpaired) electrons. The van der Waals surface area contributed by atoms with Gasteiger partial charge in [-0.2, -0.15) is 0 Å². The summed E-state index contributed by atoms with van der Waals surface area (Å²) >= 11 is 0. The molecule has 0 atom stereocenters. The second-order valence-corrected chi connectivity index (χ2v) is 10.6. The zero-order chi connectivity index (χ0) is 25.9. The van der Waals surface area contributed by atoms with Crippen molar-refractivity contribution < 1.29 is 34.6 Å². The molecule has 0 saturated heterocycles. The minimum atomic E-state index is -10.7. The third-order valence-corrected chi connectivity index (χ3v) is 5.15. The van der Waals surface area contributed by atoms with E-state index in [1.165, 1.54) is 4.85 Å². The van der Waals surface area contributed by atoms with Crippen molar-refractivity contribution in [1.82, 2.24) is 30.4 Å². The van der Waals surface area contributed by atoms with E-state index >= 15 is 0 Å². The van der Waals surface area contributed by atoms with E-state index in [1.54, 1.807) is 6.20 Å². The first-order chi connectivity index (χ1) is 14.6. The topological polar surface area (TPSA) is 71.1 Å². The molecule has 0 bridgehead atoms. The fourth-order valence-electron chi connectivity index (χ4n) is 2.81. The second kappa shape index (κ2) is 9.21. The molecule has 0 amide bonds. The van der Waals surface area contributed by atoms with Crippen LogP contribution in [0.5, 0.6) is 0 Å². The molecule has 0 unspecified atom stereocenters. The number of halogens is 6. The molecule has 0 spiro atoms. The number of nitrogens with zero attached hydrogens (tertiary/aromatic N) is 6. The molecule has 192 valence electrons. The van der Waals surface area contributed by atoms with Crippen LogP contribution in [-0.4, -0.2) is 69.0 Å². The van der Waals surface area contributed by atoms with Crippen molar-refractivity contribution in [2.24, 2.45) is 11.8 Å². The average Bonchev–Trinajstić information content (AvgIpc) is 3.03. The molecule has 0 aliphatic carbocycles. The number of rotatable bonds is 6. The summed E-state index contributed by atoms with van der Waals surface area (Å²) in [6, 6.07) is 4.32. The summed E-state index contributed by atoms with van der Waals surface area (Å²) in [5.74, 6) is 1.01. The third-order valence-electron chi connectivity index (χ3n) is 5.15. The summed E-state index contributed by atoms with van der Waals surface area (Å²) in [4.78, 5) is 13.6. The molecule has 33 heavy (non-hydrogen) atoms. The van der Waals surface area contributed by atoms with Crippen molar-refractivity contribution in [1.29, 1.82) is 0 Å². The standard InChI is InChI=1S/C18H32N7O.F6P/c1-13(2)18(5,14(3)4)20-12-24(8)17(23(6)7)26-25-16-15(21-22-25)10-9-11-19-16;1-7(2,3,4,5)6/h9-11,13-14,20H,12H2,1-8H3;/q+1;-1. The molecular formula is C18H32F6N7OP. The first-order valence-electron chi connectivity index (χ1n) is 10.0. The number of aromatic nitrogens is 4. The second-order valence-electron chi connectivity index (χ2n) is 8.66. The Bertz CT molecular complexity index is 952. The van der Waals surface area contributed by atoms with Crippen molar-refractivity contribution in [3.63, 3.8) is 0 Å². The van der Waals surface area contributed by atoms with Crippen LogP contribution in [0.15, 0.2) is 18.3 Å². The summed E-state index contributed by atoms with van der Waals surface area (Å²) in [7, 11) is -4.81. The van der Waals surface area contributed by atoms with E-state index in [9.17, 15) is 25.2 Å². The van der Waals surface area contributed by atoms with Crippen LogP contribution in [-0.2, 0) is 0 Å². The molecule has 0 aliphatic heterocycles. The summed E-state index contributed by atoms with van der Waals surface area (Å²) in [6.07, 6.45) is 1.70. The quantitative estimate of drug-likeness (QED) is 0.151. The van der Waals surface area contributed by atoms with E-state index in [2.05, 4.69) is 55.2 Å². The number of hydrogen-bond donors (Lipinski definition) is 1. The Hall–Kier alpha value is -2.21. The van der Waals surface area contributed by atoms with E-state index in [-0.39, 0.29) is 5.54 Å². The van der Waals surface area contributed by atoms with Gasteiger partial charge in [0.1, 0.15) is 12.2 Å². The van der Waals surface area contributed by atoms with Gasteiger partial charge in [0.05, 0.1) is 21.1 Å². The predicted octanol–water partition coefficient (Wildman–Crippen LogP) is 4.82. The number of pyridine rings is 1. The molecule has 1 N–H and O–H groups in total. The Morgan fingerprint density at radius 2 is 1.67 bits per heavy atom. The average molecular weight is 507 g/mol. The van der Waals surface area contributed by atoms with Crippen LogP contribution in [0.3, 0.4) is 0 Å². The summed E-state index contributed by atoms with van der Waals surface area (Å²) in [5, 5.41) is 11.8. The van der Waals surface area contributed by atoms with Gasteiger partial charge >= 0.3 is 39.0 Å². The van der Waals surface area contributed by atoms with Crippen molar-refractivity contribution in [2.75, 3.05) is 27.8 Å². The van der Waals surface area contributed by atoms with E-state index in [1.807, 2.05) is 42.8 Å². The van der Waals surface area contributed by atoms with E-state index < -0.39 is 7.81 Å². The Balaban J connectivity index is 0.000000675. The molecule has 8 nitrogen and oxygen atoms in total. The van der Waals surface area contributed by atoms with Crippen molar-refractivity contribution in [3.05, 3.63) is 18.3 Å². The van der Waals surface area contributed by atoms with Crippen LogP contribution < -0.4 is 10.2 Å². The normalized spacial score (nSPS) is 14.4. The van der Waals surface area contributed by atoms with Gasteiger partial charge in [-0.1, -0.05) is 27.7 Å². The number of amidine groups is 1. The molecular weight excluding hydrogens is 475 g/mol. The van der Waals surface area contributed by atoms with Gasteiger partial charge in [0.25, 0.3) is 0 Å². The monoisotopic (exact) mass is 507 g/mol. The Kier molecular flexibility index (Phi) is 8.04. The number of nitrogens with one attached hydrogen (secondary N) is 1. The van der Waals surface area contributed by atoms with Gasteiger partial charge in [0.15, 0.2) is 0 Å². The van der Waals surface area contributed by atoms with E-state index in [0.717, 1.165) is 0 Å². The van der Waals surface area contributed by atoms with Gasteiger partial charge in [-0.15, -0.1) is 5.10 Å². The fourth-order valence-corrected chi connectivity index (χ4v) is 2.81. The Labute approximate surface area is 188 Å². The fraction of sp³-hybridized carbons (Fsp3) is 0.667. The maximum absolute atomic E-state index is 10.7. The van der Waals surface area contributed by atoms with Gasteiger partial charge in [0, 0.05) is 11.7 Å². The van der Waals surface area contributed by atoms with Crippen molar-refractivity contribution >= 4 is 25.0 Å². The van der Waals surface area contributed by atoms with Crippen molar-refractivity contribution in [3.8, 4) is 0 Å². The summed E-state index contributed by atoms with van der Waals surface area (Å²) < 4.78 is 61.1. The van der Waals surface area contributed by atoms with Crippen LogP contribution in [0.2, 0.25) is 0 Å². The summed E-state index contributed by atoms with van der Waals surface area (Å²) in [6.45, 7) is 11.9. The maximum atomic E-state index is 9.87. The number of fused-ring (bicyclic) bond motifs is 1. The zero-order valence-corrected chi connectivity index (χ0v) is 20.8. The SMILES string of the molecule is CC(C)C(C)(NCN(C)C(On1nnc2cccnc21)=[N+](C)C)C(C)C.F[P-](F)(F)(F)(F)F. The van der Waals surface area contributed by atoms with Crippen LogP contribution in [0.4, 0.5) is 25.2 Å². The third kappa shape index (κ3) is 10.1. The molecule has 2 aromatic heterocycles. The molecule has 0 aromatic carbocycles. The van der Waals surface area contributed by atoms with Gasteiger partial charge in [-0.3, -0.25) is 10.2 Å².